The number of amidine groups is 1. The first kappa shape index (κ1) is 12.7. The first-order valence-corrected chi connectivity index (χ1v) is 5.92. The van der Waals surface area contributed by atoms with Crippen molar-refractivity contribution in [3.05, 3.63) is 22.2 Å². The molecule has 6 nitrogen and oxygen atoms in total. The van der Waals surface area contributed by atoms with E-state index in [-0.39, 0.29) is 5.84 Å². The fourth-order valence-corrected chi connectivity index (χ4v) is 2.29. The number of ether oxygens (including phenoxy) is 2. The van der Waals surface area contributed by atoms with Gasteiger partial charge in [-0.05, 0) is 12.1 Å². The molecule has 1 aromatic rings. The Balaban J connectivity index is 2.46. The second-order valence-corrected chi connectivity index (χ2v) is 4.50. The molecule has 1 aromatic carbocycles. The summed E-state index contributed by atoms with van der Waals surface area (Å²) < 4.78 is 11.1. The number of nitrogens with two attached hydrogens (primary N) is 1. The Morgan fingerprint density at radius 2 is 1.94 bits per heavy atom. The molecule has 2 amide bonds. The van der Waals surface area contributed by atoms with Crippen LogP contribution < -0.4 is 20.5 Å². The third kappa shape index (κ3) is 2.13. The lowest BCUT2D eigenvalue weighted by Crippen LogP contribution is -2.28. The van der Waals surface area contributed by atoms with E-state index in [4.69, 9.17) is 15.2 Å². The summed E-state index contributed by atoms with van der Waals surface area (Å²) in [4.78, 5) is 14.8. The molecule has 96 valence electrons. The van der Waals surface area contributed by atoms with Crippen LogP contribution in [-0.4, -0.2) is 26.1 Å². The first-order valence-electron chi connectivity index (χ1n) is 5.12. The molecule has 0 saturated heterocycles. The summed E-state index contributed by atoms with van der Waals surface area (Å²) in [6, 6.07) is 2.61. The highest BCUT2D eigenvalue weighted by molar-refractivity contribution is 9.10. The van der Waals surface area contributed by atoms with E-state index < -0.39 is 12.1 Å². The number of carbonyl (C=O) groups excluding carboxylic acids is 1. The average Bonchev–Trinajstić information content (AvgIpc) is 2.68. The van der Waals surface area contributed by atoms with Crippen molar-refractivity contribution in [3.63, 3.8) is 0 Å². The smallest absolute Gasteiger partial charge is 0.343 e. The number of urea groups is 1. The Kier molecular flexibility index (Phi) is 3.42. The molecule has 1 heterocycles. The van der Waals surface area contributed by atoms with Gasteiger partial charge in [0.25, 0.3) is 0 Å². The highest BCUT2D eigenvalue weighted by Crippen LogP contribution is 2.36. The third-order valence-electron chi connectivity index (χ3n) is 2.61. The maximum atomic E-state index is 11.2. The van der Waals surface area contributed by atoms with E-state index in [1.54, 1.807) is 26.4 Å². The summed E-state index contributed by atoms with van der Waals surface area (Å²) in [5.74, 6) is 1.38. The van der Waals surface area contributed by atoms with Gasteiger partial charge < -0.3 is 20.5 Å². The van der Waals surface area contributed by atoms with Gasteiger partial charge >= 0.3 is 6.03 Å². The molecule has 2 rings (SSSR count). The molecule has 0 fully saturated rings. The predicted octanol–water partition coefficient (Wildman–Crippen LogP) is 1.59. The lowest BCUT2D eigenvalue weighted by molar-refractivity contribution is 0.250. The van der Waals surface area contributed by atoms with Crippen LogP contribution in [0, 0.1) is 0 Å². The summed E-state index contributed by atoms with van der Waals surface area (Å²) in [5, 5.41) is 2.66. The van der Waals surface area contributed by atoms with Crippen LogP contribution in [0.15, 0.2) is 21.6 Å². The van der Waals surface area contributed by atoms with Gasteiger partial charge in [0.2, 0.25) is 0 Å². The van der Waals surface area contributed by atoms with Gasteiger partial charge in [-0.2, -0.15) is 4.99 Å². The number of nitrogens with one attached hydrogen (secondary N) is 1. The highest BCUT2D eigenvalue weighted by Gasteiger charge is 2.28. The Morgan fingerprint density at radius 3 is 2.44 bits per heavy atom. The fourth-order valence-electron chi connectivity index (χ4n) is 1.74. The van der Waals surface area contributed by atoms with Gasteiger partial charge in [-0.1, -0.05) is 15.9 Å². The van der Waals surface area contributed by atoms with Crippen LogP contribution in [0.3, 0.4) is 0 Å². The number of aliphatic imine (C=N–C) groups is 1. The summed E-state index contributed by atoms with van der Waals surface area (Å²) in [6.45, 7) is 0. The molecule has 3 N–H and O–H groups in total. The van der Waals surface area contributed by atoms with Crippen molar-refractivity contribution in [2.75, 3.05) is 14.2 Å². The highest BCUT2D eigenvalue weighted by atomic mass is 79.9. The molecule has 1 aliphatic rings. The van der Waals surface area contributed by atoms with Gasteiger partial charge in [0.05, 0.1) is 14.2 Å². The van der Waals surface area contributed by atoms with Gasteiger partial charge in [-0.15, -0.1) is 0 Å². The lowest BCUT2D eigenvalue weighted by Gasteiger charge is -2.16. The Morgan fingerprint density at radius 1 is 1.33 bits per heavy atom. The maximum absolute atomic E-state index is 11.2. The number of hydrogen-bond donors (Lipinski definition) is 2. The van der Waals surface area contributed by atoms with Crippen molar-refractivity contribution >= 4 is 27.8 Å². The van der Waals surface area contributed by atoms with Crippen molar-refractivity contribution in [1.29, 1.82) is 0 Å². The van der Waals surface area contributed by atoms with Crippen LogP contribution >= 0.6 is 15.9 Å². The van der Waals surface area contributed by atoms with Gasteiger partial charge in [-0.3, -0.25) is 0 Å². The SMILES string of the molecule is COc1cc(Br)c(C2NC(=O)N=C2N)cc1OC. The molecule has 0 bridgehead atoms. The summed E-state index contributed by atoms with van der Waals surface area (Å²) in [5.41, 5.74) is 6.47. The van der Waals surface area contributed by atoms with E-state index in [1.807, 2.05) is 0 Å². The Hall–Kier alpha value is -1.76. The minimum atomic E-state index is -0.452. The molecule has 0 spiro atoms. The van der Waals surface area contributed by atoms with Crippen LogP contribution in [0.1, 0.15) is 11.6 Å². The van der Waals surface area contributed by atoms with Crippen molar-refractivity contribution < 1.29 is 14.3 Å². The predicted molar refractivity (Wildman–Crippen MR) is 70.1 cm³/mol. The zero-order valence-corrected chi connectivity index (χ0v) is 11.4. The van der Waals surface area contributed by atoms with Crippen molar-refractivity contribution in [2.24, 2.45) is 10.7 Å². The zero-order valence-electron chi connectivity index (χ0n) is 9.86. The van der Waals surface area contributed by atoms with E-state index >= 15 is 0 Å². The van der Waals surface area contributed by atoms with Gasteiger partial charge in [0.1, 0.15) is 11.9 Å². The number of rotatable bonds is 3. The van der Waals surface area contributed by atoms with Crippen molar-refractivity contribution in [2.45, 2.75) is 6.04 Å². The van der Waals surface area contributed by atoms with Gasteiger partial charge in [0.15, 0.2) is 11.5 Å². The van der Waals surface area contributed by atoms with Crippen LogP contribution in [0.25, 0.3) is 0 Å². The van der Waals surface area contributed by atoms with Crippen LogP contribution in [0.5, 0.6) is 11.5 Å². The number of carbonyl (C=O) groups is 1. The molecular weight excluding hydrogens is 302 g/mol. The van der Waals surface area contributed by atoms with E-state index in [2.05, 4.69) is 26.2 Å². The maximum Gasteiger partial charge on any atom is 0.343 e. The standard InChI is InChI=1S/C11H12BrN3O3/c1-17-7-3-5(6(12)4-8(7)18-2)9-10(13)15-11(16)14-9/h3-4,9H,1-2H3,(H3,13,14,15,16). The molecule has 1 atom stereocenters. The number of halogens is 1. The molecule has 0 radical (unpaired) electrons. The molecule has 0 aromatic heterocycles. The van der Waals surface area contributed by atoms with E-state index in [1.165, 1.54) is 0 Å². The normalized spacial score (nSPS) is 18.3. The number of nitrogens with zero attached hydrogens (tertiary/aromatic N) is 1. The molecule has 1 unspecified atom stereocenters. The molecule has 0 aliphatic carbocycles. The Labute approximate surface area is 112 Å². The zero-order chi connectivity index (χ0) is 13.3. The second-order valence-electron chi connectivity index (χ2n) is 3.65. The number of amides is 2. The van der Waals surface area contributed by atoms with Crippen LogP contribution in [0.2, 0.25) is 0 Å². The molecule has 7 heteroatoms. The molecule has 1 aliphatic heterocycles. The molecular formula is C11H12BrN3O3. The van der Waals surface area contributed by atoms with E-state index in [0.717, 1.165) is 10.0 Å². The molecule has 18 heavy (non-hydrogen) atoms. The second kappa shape index (κ2) is 4.85. The van der Waals surface area contributed by atoms with Gasteiger partial charge in [-0.25, -0.2) is 4.79 Å². The summed E-state index contributed by atoms with van der Waals surface area (Å²) in [7, 11) is 3.09. The number of hydrogen-bond acceptors (Lipinski definition) is 4. The minimum absolute atomic E-state index is 0.230. The third-order valence-corrected chi connectivity index (χ3v) is 3.29. The van der Waals surface area contributed by atoms with Crippen LogP contribution in [0.4, 0.5) is 4.79 Å². The number of methoxy groups -OCH3 is 2. The van der Waals surface area contributed by atoms with Crippen molar-refractivity contribution in [3.8, 4) is 11.5 Å². The largest absolute Gasteiger partial charge is 0.493 e. The fraction of sp³-hybridized carbons (Fsp3) is 0.273. The van der Waals surface area contributed by atoms with E-state index in [0.29, 0.717) is 11.5 Å². The van der Waals surface area contributed by atoms with Crippen LogP contribution in [-0.2, 0) is 0 Å². The topological polar surface area (TPSA) is 85.9 Å². The lowest BCUT2D eigenvalue weighted by atomic mass is 10.1. The monoisotopic (exact) mass is 313 g/mol. The summed E-state index contributed by atoms with van der Waals surface area (Å²) >= 11 is 3.41. The van der Waals surface area contributed by atoms with Crippen molar-refractivity contribution in [1.82, 2.24) is 5.32 Å². The number of benzene rings is 1. The average molecular weight is 314 g/mol. The molecule has 0 saturated carbocycles. The van der Waals surface area contributed by atoms with Gasteiger partial charge in [0, 0.05) is 10.0 Å². The first-order chi connectivity index (χ1) is 8.56. The Bertz CT molecular complexity index is 531. The quantitative estimate of drug-likeness (QED) is 0.887. The van der Waals surface area contributed by atoms with E-state index in [9.17, 15) is 4.79 Å². The summed E-state index contributed by atoms with van der Waals surface area (Å²) in [6.07, 6.45) is 0. The minimum Gasteiger partial charge on any atom is -0.493 e.